The largest absolute Gasteiger partial charge is 0.393 e. The van der Waals surface area contributed by atoms with E-state index in [1.165, 1.54) is 22.3 Å². The molecular formula is C30H37NO5S. The summed E-state index contributed by atoms with van der Waals surface area (Å²) < 4.78 is 5.54. The van der Waals surface area contributed by atoms with Gasteiger partial charge in [0.1, 0.15) is 0 Å². The lowest BCUT2D eigenvalue weighted by molar-refractivity contribution is -0.128. The number of carbonyl (C=O) groups is 2. The van der Waals surface area contributed by atoms with Crippen molar-refractivity contribution in [3.8, 4) is 0 Å². The SMILES string of the molecule is CCSC(=O)O/N=C/c1ccc([C@H]2C[C@@]3(C)[C@@H](CC[C@@]3(O)COC)[C@@H]3CCC4=CC(=O)CCC4=C32)cc1. The van der Waals surface area contributed by atoms with Crippen LogP contribution in [0.5, 0.6) is 0 Å². The van der Waals surface area contributed by atoms with Crippen LogP contribution in [0.4, 0.5) is 4.79 Å². The molecule has 0 bridgehead atoms. The third kappa shape index (κ3) is 4.75. The van der Waals surface area contributed by atoms with Crippen LogP contribution in [0.2, 0.25) is 0 Å². The number of allylic oxidation sites excluding steroid dienone is 4. The summed E-state index contributed by atoms with van der Waals surface area (Å²) in [7, 11) is 1.68. The van der Waals surface area contributed by atoms with E-state index in [9.17, 15) is 14.7 Å². The topological polar surface area (TPSA) is 85.2 Å². The lowest BCUT2D eigenvalue weighted by atomic mass is 9.51. The molecule has 4 aliphatic carbocycles. The number of carbonyl (C=O) groups excluding carboxylic acids is 2. The van der Waals surface area contributed by atoms with Gasteiger partial charge in [0.25, 0.3) is 0 Å². The van der Waals surface area contributed by atoms with Crippen molar-refractivity contribution >= 4 is 29.1 Å². The Kier molecular flexibility index (Phi) is 7.49. The fraction of sp³-hybridized carbons (Fsp3) is 0.567. The molecule has 0 radical (unpaired) electrons. The quantitative estimate of drug-likeness (QED) is 0.272. The molecule has 2 saturated carbocycles. The lowest BCUT2D eigenvalue weighted by Gasteiger charge is -2.54. The highest BCUT2D eigenvalue weighted by atomic mass is 32.2. The zero-order valence-corrected chi connectivity index (χ0v) is 22.8. The second-order valence-corrected chi connectivity index (χ2v) is 12.4. The maximum atomic E-state index is 12.2. The van der Waals surface area contributed by atoms with E-state index in [1.54, 1.807) is 13.3 Å². The molecule has 4 aliphatic rings. The van der Waals surface area contributed by atoms with Gasteiger partial charge >= 0.3 is 5.30 Å². The summed E-state index contributed by atoms with van der Waals surface area (Å²) in [6.45, 7) is 4.52. The van der Waals surface area contributed by atoms with Crippen LogP contribution >= 0.6 is 11.8 Å². The molecule has 7 heteroatoms. The second-order valence-electron chi connectivity index (χ2n) is 11.2. The number of fused-ring (bicyclic) bond motifs is 4. The normalized spacial score (nSPS) is 33.1. The molecule has 0 aliphatic heterocycles. The molecule has 198 valence electrons. The standard InChI is InChI=1S/C30H37NO5S/c1-4-37-28(33)36-31-17-19-5-7-20(8-6-19)25-16-29(2)26(13-14-30(29,34)18-35-3)24-11-9-21-15-22(32)10-12-23(21)27(24)25/h5-8,15,17,24-26,34H,4,9-14,16,18H2,1-3H3/b31-17+/t24-,25+,26-,29-,30+/m0/s1. The van der Waals surface area contributed by atoms with Crippen molar-refractivity contribution in [2.24, 2.45) is 22.4 Å². The van der Waals surface area contributed by atoms with E-state index in [0.29, 0.717) is 30.6 Å². The van der Waals surface area contributed by atoms with Gasteiger partial charge in [-0.2, -0.15) is 0 Å². The van der Waals surface area contributed by atoms with Crippen LogP contribution in [-0.4, -0.2) is 47.5 Å². The number of hydrogen-bond acceptors (Lipinski definition) is 7. The van der Waals surface area contributed by atoms with Crippen LogP contribution < -0.4 is 0 Å². The third-order valence-electron chi connectivity index (χ3n) is 9.37. The van der Waals surface area contributed by atoms with Crippen molar-refractivity contribution in [1.82, 2.24) is 0 Å². The Morgan fingerprint density at radius 1 is 1.22 bits per heavy atom. The number of benzene rings is 1. The first kappa shape index (κ1) is 26.4. The highest BCUT2D eigenvalue weighted by Gasteiger charge is 2.62. The van der Waals surface area contributed by atoms with Crippen molar-refractivity contribution < 1.29 is 24.3 Å². The van der Waals surface area contributed by atoms with Crippen molar-refractivity contribution in [3.05, 3.63) is 58.2 Å². The Bertz CT molecular complexity index is 1160. The van der Waals surface area contributed by atoms with E-state index in [1.807, 2.05) is 25.1 Å². The van der Waals surface area contributed by atoms with Gasteiger partial charge in [-0.1, -0.05) is 48.8 Å². The Balaban J connectivity index is 1.51. The fourth-order valence-electron chi connectivity index (χ4n) is 7.62. The summed E-state index contributed by atoms with van der Waals surface area (Å²) >= 11 is 1.08. The van der Waals surface area contributed by atoms with Crippen LogP contribution in [-0.2, 0) is 14.4 Å². The predicted octanol–water partition coefficient (Wildman–Crippen LogP) is 6.19. The number of oxime groups is 1. The maximum absolute atomic E-state index is 12.2. The Hall–Kier alpha value is -2.22. The molecule has 0 spiro atoms. The highest BCUT2D eigenvalue weighted by molar-refractivity contribution is 8.13. The van der Waals surface area contributed by atoms with Crippen molar-refractivity contribution in [3.63, 3.8) is 0 Å². The van der Waals surface area contributed by atoms with Gasteiger partial charge in [0.15, 0.2) is 5.78 Å². The first-order valence-corrected chi connectivity index (χ1v) is 14.4. The van der Waals surface area contributed by atoms with E-state index in [4.69, 9.17) is 9.57 Å². The summed E-state index contributed by atoms with van der Waals surface area (Å²) in [6, 6.07) is 8.29. The van der Waals surface area contributed by atoms with Crippen molar-refractivity contribution in [1.29, 1.82) is 0 Å². The molecular weight excluding hydrogens is 486 g/mol. The average Bonchev–Trinajstić information content (AvgIpc) is 3.14. The van der Waals surface area contributed by atoms with Crippen molar-refractivity contribution in [2.75, 3.05) is 19.5 Å². The first-order chi connectivity index (χ1) is 17.8. The van der Waals surface area contributed by atoms with Crippen LogP contribution in [0, 0.1) is 17.3 Å². The van der Waals surface area contributed by atoms with E-state index in [0.717, 1.165) is 55.9 Å². The van der Waals surface area contributed by atoms with Gasteiger partial charge in [0.05, 0.1) is 18.4 Å². The number of hydrogen-bond donors (Lipinski definition) is 1. The number of ether oxygens (including phenoxy) is 1. The minimum Gasteiger partial charge on any atom is -0.387 e. The molecule has 5 atom stereocenters. The van der Waals surface area contributed by atoms with Gasteiger partial charge in [0, 0.05) is 30.6 Å². The van der Waals surface area contributed by atoms with E-state index >= 15 is 0 Å². The number of nitrogens with zero attached hydrogens (tertiary/aromatic N) is 1. The number of ketones is 1. The zero-order chi connectivity index (χ0) is 26.2. The van der Waals surface area contributed by atoms with Gasteiger partial charge in [-0.25, -0.2) is 4.79 Å². The summed E-state index contributed by atoms with van der Waals surface area (Å²) in [5.41, 5.74) is 5.12. The maximum Gasteiger partial charge on any atom is 0.393 e. The van der Waals surface area contributed by atoms with Crippen LogP contribution in [0.15, 0.2) is 52.2 Å². The van der Waals surface area contributed by atoms with E-state index < -0.39 is 10.9 Å². The predicted molar refractivity (Wildman–Crippen MR) is 146 cm³/mol. The molecule has 0 saturated heterocycles. The molecule has 0 amide bonds. The highest BCUT2D eigenvalue weighted by Crippen LogP contribution is 2.66. The molecule has 37 heavy (non-hydrogen) atoms. The number of methoxy groups -OCH3 is 1. The first-order valence-electron chi connectivity index (χ1n) is 13.4. The molecule has 0 aromatic heterocycles. The van der Waals surface area contributed by atoms with Gasteiger partial charge in [-0.3, -0.25) is 4.79 Å². The Morgan fingerprint density at radius 2 is 2.00 bits per heavy atom. The summed E-state index contributed by atoms with van der Waals surface area (Å²) in [5, 5.41) is 15.3. The van der Waals surface area contributed by atoms with Gasteiger partial charge < -0.3 is 14.7 Å². The summed E-state index contributed by atoms with van der Waals surface area (Å²) in [5.74, 6) is 1.88. The molecule has 1 aromatic rings. The van der Waals surface area contributed by atoms with Crippen molar-refractivity contribution in [2.45, 2.75) is 70.3 Å². The van der Waals surface area contributed by atoms with Gasteiger partial charge in [-0.05, 0) is 90.5 Å². The smallest absolute Gasteiger partial charge is 0.387 e. The number of aliphatic hydroxyl groups is 1. The van der Waals surface area contributed by atoms with Gasteiger partial charge in [-0.15, -0.1) is 0 Å². The fourth-order valence-corrected chi connectivity index (χ4v) is 7.95. The lowest BCUT2D eigenvalue weighted by Crippen LogP contribution is -2.53. The third-order valence-corrected chi connectivity index (χ3v) is 9.97. The Labute approximate surface area is 223 Å². The number of thioether (sulfide) groups is 1. The monoisotopic (exact) mass is 523 g/mol. The minimum absolute atomic E-state index is 0.171. The molecule has 2 fully saturated rings. The van der Waals surface area contributed by atoms with Gasteiger partial charge in [0.2, 0.25) is 0 Å². The summed E-state index contributed by atoms with van der Waals surface area (Å²) in [4.78, 5) is 28.7. The molecule has 6 nitrogen and oxygen atoms in total. The van der Waals surface area contributed by atoms with E-state index in [2.05, 4.69) is 24.2 Å². The molecule has 0 unspecified atom stereocenters. The molecule has 1 N–H and O–H groups in total. The van der Waals surface area contributed by atoms with Crippen LogP contribution in [0.3, 0.4) is 0 Å². The van der Waals surface area contributed by atoms with Crippen LogP contribution in [0.25, 0.3) is 0 Å². The molecule has 0 heterocycles. The molecule has 5 rings (SSSR count). The van der Waals surface area contributed by atoms with Crippen LogP contribution in [0.1, 0.15) is 75.8 Å². The number of rotatable bonds is 6. The minimum atomic E-state index is -0.841. The zero-order valence-electron chi connectivity index (χ0n) is 22.0. The summed E-state index contributed by atoms with van der Waals surface area (Å²) in [6.07, 6.45) is 9.46. The average molecular weight is 524 g/mol. The Morgan fingerprint density at radius 3 is 2.73 bits per heavy atom. The second kappa shape index (κ2) is 10.5. The molecule has 1 aromatic carbocycles. The van der Waals surface area contributed by atoms with E-state index in [-0.39, 0.29) is 17.1 Å².